The van der Waals surface area contributed by atoms with Crippen molar-refractivity contribution in [2.45, 2.75) is 26.5 Å². The molecule has 8 heteroatoms. The first-order valence-electron chi connectivity index (χ1n) is 9.92. The third kappa shape index (κ3) is 4.20. The Balaban J connectivity index is 1.72. The molecule has 0 amide bonds. The van der Waals surface area contributed by atoms with E-state index in [4.69, 9.17) is 14.6 Å². The van der Waals surface area contributed by atoms with E-state index in [-0.39, 0.29) is 18.0 Å². The fourth-order valence-corrected chi connectivity index (χ4v) is 3.39. The van der Waals surface area contributed by atoms with Crippen molar-refractivity contribution >= 4 is 17.0 Å². The number of nitrogens with zero attached hydrogens (tertiary/aromatic N) is 2. The number of aromatic hydroxyl groups is 1. The number of fused-ring (bicyclic) bond motifs is 1. The number of hydrogen-bond acceptors (Lipinski definition) is 5. The van der Waals surface area contributed by atoms with Crippen LogP contribution >= 0.6 is 0 Å². The minimum atomic E-state index is -1.11. The summed E-state index contributed by atoms with van der Waals surface area (Å²) in [6, 6.07) is 14.2. The molecule has 0 saturated heterocycles. The van der Waals surface area contributed by atoms with Gasteiger partial charge in [-0.25, -0.2) is 14.2 Å². The van der Waals surface area contributed by atoms with Crippen molar-refractivity contribution in [3.63, 3.8) is 0 Å². The Morgan fingerprint density at radius 3 is 2.59 bits per heavy atom. The highest BCUT2D eigenvalue weighted by molar-refractivity contribution is 5.86. The zero-order valence-electron chi connectivity index (χ0n) is 17.4. The average molecular weight is 436 g/mol. The van der Waals surface area contributed by atoms with E-state index >= 15 is 0 Å². The predicted molar refractivity (Wildman–Crippen MR) is 116 cm³/mol. The first kappa shape index (κ1) is 21.2. The molecule has 32 heavy (non-hydrogen) atoms. The van der Waals surface area contributed by atoms with Gasteiger partial charge in [0.25, 0.3) is 0 Å². The predicted octanol–water partition coefficient (Wildman–Crippen LogP) is 4.88. The highest BCUT2D eigenvalue weighted by atomic mass is 19.1. The Bertz CT molecular complexity index is 1280. The maximum atomic E-state index is 14.6. The summed E-state index contributed by atoms with van der Waals surface area (Å²) in [7, 11) is 0. The first-order valence-corrected chi connectivity index (χ1v) is 9.92. The van der Waals surface area contributed by atoms with E-state index in [0.29, 0.717) is 22.7 Å². The fourth-order valence-electron chi connectivity index (χ4n) is 3.39. The average Bonchev–Trinajstić information content (AvgIpc) is 3.03. The highest BCUT2D eigenvalue weighted by Gasteiger charge is 2.19. The van der Waals surface area contributed by atoms with Gasteiger partial charge in [0.1, 0.15) is 28.7 Å². The van der Waals surface area contributed by atoms with Gasteiger partial charge in [0, 0.05) is 11.8 Å². The summed E-state index contributed by atoms with van der Waals surface area (Å²) in [6.07, 6.45) is 0.585. The summed E-state index contributed by atoms with van der Waals surface area (Å²) in [4.78, 5) is 15.5. The lowest BCUT2D eigenvalue weighted by Crippen LogP contribution is -2.23. The van der Waals surface area contributed by atoms with Crippen molar-refractivity contribution in [3.8, 4) is 23.0 Å². The van der Waals surface area contributed by atoms with E-state index in [1.54, 1.807) is 24.4 Å². The number of halogens is 1. The molecule has 0 aliphatic carbocycles. The molecule has 4 rings (SSSR count). The Morgan fingerprint density at radius 1 is 1.16 bits per heavy atom. The summed E-state index contributed by atoms with van der Waals surface area (Å²) in [5.74, 6) is -0.0436. The number of carboxylic acids is 1. The molecule has 2 N–H and O–H groups in total. The quantitative estimate of drug-likeness (QED) is 0.429. The van der Waals surface area contributed by atoms with E-state index < -0.39 is 17.9 Å². The van der Waals surface area contributed by atoms with Crippen LogP contribution in [-0.4, -0.2) is 31.8 Å². The van der Waals surface area contributed by atoms with Crippen LogP contribution in [0.5, 0.6) is 23.0 Å². The molecule has 0 radical (unpaired) electrons. The molecule has 2 heterocycles. The van der Waals surface area contributed by atoms with Crippen LogP contribution in [0.15, 0.2) is 60.8 Å². The topological polar surface area (TPSA) is 93.8 Å². The summed E-state index contributed by atoms with van der Waals surface area (Å²) < 4.78 is 27.9. The molecule has 164 valence electrons. The van der Waals surface area contributed by atoms with Gasteiger partial charge in [-0.05, 0) is 68.4 Å². The number of rotatable bonds is 7. The summed E-state index contributed by atoms with van der Waals surface area (Å²) >= 11 is 0. The molecule has 1 unspecified atom stereocenters. The number of hydrogen-bond donors (Lipinski definition) is 2. The molecular weight excluding hydrogens is 415 g/mol. The van der Waals surface area contributed by atoms with Gasteiger partial charge in [0.2, 0.25) is 0 Å². The van der Waals surface area contributed by atoms with Gasteiger partial charge in [-0.3, -0.25) is 0 Å². The van der Waals surface area contributed by atoms with E-state index in [2.05, 4.69) is 4.98 Å². The molecule has 0 fully saturated rings. The SMILES string of the molecule is Cc1c(Oc2ccc(O)cc2)c2cccnc2n1Cc1cc(OC(C)C(=O)O)ccc1F. The summed E-state index contributed by atoms with van der Waals surface area (Å²) in [5.41, 5.74) is 1.67. The van der Waals surface area contributed by atoms with Crippen molar-refractivity contribution in [3.05, 3.63) is 77.9 Å². The largest absolute Gasteiger partial charge is 0.508 e. The lowest BCUT2D eigenvalue weighted by molar-refractivity contribution is -0.144. The smallest absolute Gasteiger partial charge is 0.344 e. The third-order valence-corrected chi connectivity index (χ3v) is 5.08. The van der Waals surface area contributed by atoms with E-state index in [0.717, 1.165) is 11.1 Å². The molecular formula is C24H21FN2O5. The van der Waals surface area contributed by atoms with E-state index in [9.17, 15) is 14.3 Å². The molecule has 0 saturated carbocycles. The van der Waals surface area contributed by atoms with Crippen LogP contribution in [-0.2, 0) is 11.3 Å². The number of carbonyl (C=O) groups is 1. The van der Waals surface area contributed by atoms with Crippen LogP contribution in [0.1, 0.15) is 18.2 Å². The van der Waals surface area contributed by atoms with Crippen LogP contribution in [0.3, 0.4) is 0 Å². The second-order valence-electron chi connectivity index (χ2n) is 7.32. The first-order chi connectivity index (χ1) is 15.3. The Morgan fingerprint density at radius 2 is 1.88 bits per heavy atom. The number of phenols is 1. The molecule has 7 nitrogen and oxygen atoms in total. The second-order valence-corrected chi connectivity index (χ2v) is 7.32. The Labute approximate surface area is 183 Å². The van der Waals surface area contributed by atoms with Crippen molar-refractivity contribution in [1.82, 2.24) is 9.55 Å². The molecule has 0 bridgehead atoms. The van der Waals surface area contributed by atoms with Crippen LogP contribution in [0.2, 0.25) is 0 Å². The number of aliphatic carboxylic acids is 1. The van der Waals surface area contributed by atoms with Crippen molar-refractivity contribution in [1.29, 1.82) is 0 Å². The van der Waals surface area contributed by atoms with E-state index in [1.165, 1.54) is 37.3 Å². The Kier molecular flexibility index (Phi) is 5.68. The zero-order valence-corrected chi connectivity index (χ0v) is 17.4. The third-order valence-electron chi connectivity index (χ3n) is 5.08. The molecule has 4 aromatic rings. The maximum absolute atomic E-state index is 14.6. The summed E-state index contributed by atoms with van der Waals surface area (Å²) in [6.45, 7) is 3.40. The minimum Gasteiger partial charge on any atom is -0.508 e. The van der Waals surface area contributed by atoms with Gasteiger partial charge in [0.05, 0.1) is 17.6 Å². The van der Waals surface area contributed by atoms with Crippen molar-refractivity contribution in [2.75, 3.05) is 0 Å². The summed E-state index contributed by atoms with van der Waals surface area (Å²) in [5, 5.41) is 19.3. The standard InChI is InChI=1S/C24H21FN2O5/c1-14-22(32-18-7-5-17(28)6-8-18)20-4-3-11-26-23(20)27(14)13-16-12-19(9-10-21(16)25)31-15(2)24(29)30/h3-12,15,28H,13H2,1-2H3,(H,29,30). The maximum Gasteiger partial charge on any atom is 0.344 e. The lowest BCUT2D eigenvalue weighted by atomic mass is 10.2. The molecule has 0 aliphatic rings. The number of pyridine rings is 1. The van der Waals surface area contributed by atoms with Crippen LogP contribution in [0, 0.1) is 12.7 Å². The monoisotopic (exact) mass is 436 g/mol. The zero-order chi connectivity index (χ0) is 22.8. The highest BCUT2D eigenvalue weighted by Crippen LogP contribution is 2.36. The van der Waals surface area contributed by atoms with Crippen molar-refractivity contribution < 1.29 is 28.9 Å². The van der Waals surface area contributed by atoms with Crippen LogP contribution < -0.4 is 9.47 Å². The molecule has 2 aromatic heterocycles. The second kappa shape index (κ2) is 8.58. The molecule has 2 aromatic carbocycles. The van der Waals surface area contributed by atoms with Gasteiger partial charge in [-0.2, -0.15) is 0 Å². The minimum absolute atomic E-state index is 0.132. The number of aromatic nitrogens is 2. The number of carboxylic acid groups (broad SMARTS) is 1. The van der Waals surface area contributed by atoms with E-state index in [1.807, 2.05) is 17.6 Å². The van der Waals surface area contributed by atoms with Gasteiger partial charge < -0.3 is 24.3 Å². The number of phenolic OH excluding ortho intramolecular Hbond substituents is 1. The number of ether oxygens (including phenoxy) is 2. The van der Waals surface area contributed by atoms with Crippen LogP contribution in [0.25, 0.3) is 11.0 Å². The normalized spacial score (nSPS) is 12.0. The van der Waals surface area contributed by atoms with Gasteiger partial charge in [0.15, 0.2) is 11.9 Å². The lowest BCUT2D eigenvalue weighted by Gasteiger charge is -2.13. The number of benzene rings is 2. The van der Waals surface area contributed by atoms with Gasteiger partial charge >= 0.3 is 5.97 Å². The molecule has 0 aliphatic heterocycles. The van der Waals surface area contributed by atoms with Crippen molar-refractivity contribution in [2.24, 2.45) is 0 Å². The van der Waals surface area contributed by atoms with Crippen LogP contribution in [0.4, 0.5) is 4.39 Å². The molecule has 1 atom stereocenters. The fraction of sp³-hybridized carbons (Fsp3) is 0.167. The van der Waals surface area contributed by atoms with Gasteiger partial charge in [-0.1, -0.05) is 0 Å². The Hall–Kier alpha value is -4.07. The van der Waals surface area contributed by atoms with Gasteiger partial charge in [-0.15, -0.1) is 0 Å². The molecule has 0 spiro atoms.